The maximum atomic E-state index is 6.67. The molecule has 0 saturated heterocycles. The molecule has 1 aliphatic carbocycles. The number of benzene rings is 6. The van der Waals surface area contributed by atoms with Crippen LogP contribution >= 0.6 is 0 Å². The highest BCUT2D eigenvalue weighted by Gasteiger charge is 2.21. The van der Waals surface area contributed by atoms with Crippen molar-refractivity contribution in [3.63, 3.8) is 0 Å². The van der Waals surface area contributed by atoms with Gasteiger partial charge in [-0.05, 0) is 64.6 Å². The highest BCUT2D eigenvalue weighted by molar-refractivity contribution is 6.16. The van der Waals surface area contributed by atoms with E-state index >= 15 is 0 Å². The predicted molar refractivity (Wildman–Crippen MR) is 184 cm³/mol. The molecular weight excluding hydrogens is 550 g/mol. The number of furan rings is 1. The van der Waals surface area contributed by atoms with Crippen molar-refractivity contribution in [2.75, 3.05) is 0 Å². The average Bonchev–Trinajstić information content (AvgIpc) is 3.51. The summed E-state index contributed by atoms with van der Waals surface area (Å²) in [7, 11) is 0. The maximum Gasteiger partial charge on any atom is 0.164 e. The largest absolute Gasteiger partial charge is 0.455 e. The quantitative estimate of drug-likeness (QED) is 0.209. The summed E-state index contributed by atoms with van der Waals surface area (Å²) >= 11 is 0. The standard InChI is InChI=1S/C41H27N3O/c1-3-12-28(13-4-1)39-42-40(29-14-5-2-6-15-29)44-41(43-39)34-24-23-32(38-37(34)33-17-9-10-18-36(33)45-38)30-22-21-27-20-19-26-11-7-8-16-31(26)35(27)25-30/h1-7,9-15,17-25H,8,16H2. The molecule has 2 aromatic heterocycles. The molecule has 4 nitrogen and oxygen atoms in total. The number of hydrogen-bond donors (Lipinski definition) is 0. The van der Waals surface area contributed by atoms with E-state index in [0.717, 1.165) is 62.6 Å². The van der Waals surface area contributed by atoms with E-state index in [1.54, 1.807) is 0 Å². The molecule has 1 aliphatic rings. The molecule has 0 aliphatic heterocycles. The van der Waals surface area contributed by atoms with Crippen LogP contribution in [0.3, 0.4) is 0 Å². The first-order valence-corrected chi connectivity index (χ1v) is 15.3. The molecule has 0 atom stereocenters. The Kier molecular flexibility index (Phi) is 5.91. The molecule has 2 heterocycles. The SMILES string of the molecule is C1=Cc2ccc3ccc(-c4ccc(-c5nc(-c6ccccc6)nc(-c6ccccc6)n5)c5c4oc4ccccc45)cc3c2CC1. The van der Waals surface area contributed by atoms with Crippen LogP contribution in [-0.2, 0) is 6.42 Å². The van der Waals surface area contributed by atoms with Crippen molar-refractivity contribution in [2.45, 2.75) is 12.8 Å². The molecule has 0 spiro atoms. The summed E-state index contributed by atoms with van der Waals surface area (Å²) in [5, 5.41) is 4.61. The van der Waals surface area contributed by atoms with Crippen molar-refractivity contribution in [3.05, 3.63) is 145 Å². The van der Waals surface area contributed by atoms with E-state index in [9.17, 15) is 0 Å². The van der Waals surface area contributed by atoms with Crippen molar-refractivity contribution >= 4 is 38.8 Å². The van der Waals surface area contributed by atoms with Gasteiger partial charge in [-0.3, -0.25) is 0 Å². The fourth-order valence-corrected chi connectivity index (χ4v) is 6.61. The number of nitrogens with zero attached hydrogens (tertiary/aromatic N) is 3. The van der Waals surface area contributed by atoms with E-state index in [4.69, 9.17) is 19.4 Å². The van der Waals surface area contributed by atoms with E-state index in [1.165, 1.54) is 21.9 Å². The Labute approximate surface area is 260 Å². The highest BCUT2D eigenvalue weighted by Crippen LogP contribution is 2.42. The summed E-state index contributed by atoms with van der Waals surface area (Å²) in [6.07, 6.45) is 6.64. The fraction of sp³-hybridized carbons (Fsp3) is 0.0488. The molecule has 0 saturated carbocycles. The van der Waals surface area contributed by atoms with Gasteiger partial charge in [0.25, 0.3) is 0 Å². The minimum Gasteiger partial charge on any atom is -0.455 e. The monoisotopic (exact) mass is 577 g/mol. The smallest absolute Gasteiger partial charge is 0.164 e. The zero-order valence-corrected chi connectivity index (χ0v) is 24.4. The minimum atomic E-state index is 0.616. The second-order valence-corrected chi connectivity index (χ2v) is 11.5. The first-order valence-electron chi connectivity index (χ1n) is 15.3. The maximum absolute atomic E-state index is 6.67. The van der Waals surface area contributed by atoms with E-state index in [2.05, 4.69) is 66.7 Å². The van der Waals surface area contributed by atoms with Crippen molar-refractivity contribution in [2.24, 2.45) is 0 Å². The number of rotatable bonds is 4. The third-order valence-corrected chi connectivity index (χ3v) is 8.81. The van der Waals surface area contributed by atoms with Gasteiger partial charge in [0, 0.05) is 33.0 Å². The molecule has 212 valence electrons. The van der Waals surface area contributed by atoms with Gasteiger partial charge >= 0.3 is 0 Å². The summed E-state index contributed by atoms with van der Waals surface area (Å²) in [5.74, 6) is 1.89. The summed E-state index contributed by atoms with van der Waals surface area (Å²) in [6, 6.07) is 43.9. The van der Waals surface area contributed by atoms with Crippen LogP contribution < -0.4 is 0 Å². The lowest BCUT2D eigenvalue weighted by atomic mass is 9.89. The molecular formula is C41H27N3O. The van der Waals surface area contributed by atoms with Gasteiger partial charge in [0.15, 0.2) is 17.5 Å². The summed E-state index contributed by atoms with van der Waals surface area (Å²) < 4.78 is 6.67. The van der Waals surface area contributed by atoms with Gasteiger partial charge in [0.1, 0.15) is 11.2 Å². The van der Waals surface area contributed by atoms with Gasteiger partial charge in [0.05, 0.1) is 0 Å². The zero-order valence-electron chi connectivity index (χ0n) is 24.4. The molecule has 0 radical (unpaired) electrons. The van der Waals surface area contributed by atoms with Gasteiger partial charge in [-0.2, -0.15) is 0 Å². The first kappa shape index (κ1) is 25.6. The second kappa shape index (κ2) is 10.4. The van der Waals surface area contributed by atoms with Crippen LogP contribution in [0.25, 0.3) is 84.1 Å². The van der Waals surface area contributed by atoms with Gasteiger partial charge in [-0.15, -0.1) is 0 Å². The van der Waals surface area contributed by atoms with Crippen LogP contribution in [0.4, 0.5) is 0 Å². The van der Waals surface area contributed by atoms with Crippen molar-refractivity contribution < 1.29 is 4.42 Å². The molecule has 0 bridgehead atoms. The Hall–Kier alpha value is -5.87. The molecule has 45 heavy (non-hydrogen) atoms. The number of fused-ring (bicyclic) bond motifs is 6. The molecule has 0 unspecified atom stereocenters. The molecule has 0 amide bonds. The number of allylic oxidation sites excluding steroid dienone is 1. The molecule has 8 aromatic rings. The normalized spacial score (nSPS) is 12.6. The van der Waals surface area contributed by atoms with Crippen LogP contribution in [0.1, 0.15) is 17.5 Å². The van der Waals surface area contributed by atoms with Crippen molar-refractivity contribution in [3.8, 4) is 45.3 Å². The number of aryl methyl sites for hydroxylation is 1. The third-order valence-electron chi connectivity index (χ3n) is 8.81. The van der Waals surface area contributed by atoms with E-state index in [0.29, 0.717) is 17.5 Å². The first-order chi connectivity index (χ1) is 22.3. The third kappa shape index (κ3) is 4.34. The van der Waals surface area contributed by atoms with E-state index in [-0.39, 0.29) is 0 Å². The predicted octanol–water partition coefficient (Wildman–Crippen LogP) is 10.6. The molecule has 9 rings (SSSR count). The van der Waals surface area contributed by atoms with Gasteiger partial charge < -0.3 is 4.42 Å². The minimum absolute atomic E-state index is 0.616. The van der Waals surface area contributed by atoms with E-state index in [1.807, 2.05) is 72.8 Å². The van der Waals surface area contributed by atoms with E-state index < -0.39 is 0 Å². The van der Waals surface area contributed by atoms with Crippen LogP contribution in [-0.4, -0.2) is 15.0 Å². The van der Waals surface area contributed by atoms with Gasteiger partial charge in [-0.1, -0.05) is 115 Å². The summed E-state index contributed by atoms with van der Waals surface area (Å²) in [4.78, 5) is 15.0. The van der Waals surface area contributed by atoms with Crippen molar-refractivity contribution in [1.29, 1.82) is 0 Å². The fourth-order valence-electron chi connectivity index (χ4n) is 6.61. The topological polar surface area (TPSA) is 51.8 Å². The number of para-hydroxylation sites is 1. The molecule has 6 aromatic carbocycles. The summed E-state index contributed by atoms with van der Waals surface area (Å²) in [5.41, 5.74) is 9.39. The molecule has 4 heteroatoms. The number of hydrogen-bond acceptors (Lipinski definition) is 4. The molecule has 0 N–H and O–H groups in total. The Bertz CT molecular complexity index is 2370. The Morgan fingerprint density at radius 2 is 1.20 bits per heavy atom. The number of aromatic nitrogens is 3. The van der Waals surface area contributed by atoms with Crippen LogP contribution in [0.2, 0.25) is 0 Å². The van der Waals surface area contributed by atoms with Crippen molar-refractivity contribution in [1.82, 2.24) is 15.0 Å². The van der Waals surface area contributed by atoms with Crippen LogP contribution in [0.15, 0.2) is 138 Å². The Morgan fingerprint density at radius 3 is 1.98 bits per heavy atom. The highest BCUT2D eigenvalue weighted by atomic mass is 16.3. The second-order valence-electron chi connectivity index (χ2n) is 11.5. The van der Waals surface area contributed by atoms with Crippen LogP contribution in [0, 0.1) is 0 Å². The summed E-state index contributed by atoms with van der Waals surface area (Å²) in [6.45, 7) is 0. The Balaban J connectivity index is 1.30. The lowest BCUT2D eigenvalue weighted by Crippen LogP contribution is -2.00. The van der Waals surface area contributed by atoms with Gasteiger partial charge in [-0.25, -0.2) is 15.0 Å². The molecule has 0 fully saturated rings. The lowest BCUT2D eigenvalue weighted by molar-refractivity contribution is 0.670. The lowest BCUT2D eigenvalue weighted by Gasteiger charge is -2.15. The van der Waals surface area contributed by atoms with Gasteiger partial charge in [0.2, 0.25) is 0 Å². The zero-order chi connectivity index (χ0) is 29.7. The Morgan fingerprint density at radius 1 is 0.533 bits per heavy atom. The average molecular weight is 578 g/mol. The van der Waals surface area contributed by atoms with Crippen LogP contribution in [0.5, 0.6) is 0 Å².